The van der Waals surface area contributed by atoms with E-state index in [1.165, 1.54) is 11.8 Å². The second kappa shape index (κ2) is 10.3. The van der Waals surface area contributed by atoms with Gasteiger partial charge >= 0.3 is 0 Å². The minimum atomic E-state index is -0.300. The van der Waals surface area contributed by atoms with Crippen molar-refractivity contribution in [2.75, 3.05) is 11.1 Å². The van der Waals surface area contributed by atoms with Crippen LogP contribution in [-0.4, -0.2) is 26.4 Å². The van der Waals surface area contributed by atoms with Crippen LogP contribution in [0.25, 0.3) is 0 Å². The van der Waals surface area contributed by atoms with E-state index in [0.717, 1.165) is 28.1 Å². The third-order valence-corrected chi connectivity index (χ3v) is 5.86. The molecule has 0 fully saturated rings. The third kappa shape index (κ3) is 5.55. The first-order valence-corrected chi connectivity index (χ1v) is 11.1. The first-order valence-electron chi connectivity index (χ1n) is 10.2. The first-order chi connectivity index (χ1) is 14.9. The Kier molecular flexibility index (Phi) is 7.52. The number of hydrogen-bond donors (Lipinski definition) is 1. The zero-order chi connectivity index (χ0) is 22.4. The summed E-state index contributed by atoms with van der Waals surface area (Å²) in [6.45, 7) is 12.3. The van der Waals surface area contributed by atoms with Gasteiger partial charge < -0.3 is 10.1 Å². The van der Waals surface area contributed by atoms with E-state index in [1.54, 1.807) is 6.08 Å². The Morgan fingerprint density at radius 1 is 1.13 bits per heavy atom. The molecule has 0 saturated heterocycles. The smallest absolute Gasteiger partial charge is 0.234 e. The molecule has 0 aliphatic rings. The highest BCUT2D eigenvalue weighted by Crippen LogP contribution is 2.27. The van der Waals surface area contributed by atoms with Gasteiger partial charge in [0.2, 0.25) is 5.91 Å². The quantitative estimate of drug-likeness (QED) is 0.366. The van der Waals surface area contributed by atoms with Crippen LogP contribution in [0.4, 0.5) is 5.69 Å². The second-order valence-electron chi connectivity index (χ2n) is 7.37. The maximum absolute atomic E-state index is 12.5. The van der Waals surface area contributed by atoms with E-state index < -0.39 is 0 Å². The van der Waals surface area contributed by atoms with Crippen LogP contribution >= 0.6 is 11.8 Å². The molecule has 0 radical (unpaired) electrons. The minimum Gasteiger partial charge on any atom is -0.482 e. The van der Waals surface area contributed by atoms with E-state index in [-0.39, 0.29) is 17.8 Å². The average molecular weight is 437 g/mol. The lowest BCUT2D eigenvalue weighted by molar-refractivity contribution is -0.113. The number of anilines is 1. The molecule has 3 rings (SSSR count). The van der Waals surface area contributed by atoms with Gasteiger partial charge in [0.1, 0.15) is 5.75 Å². The summed E-state index contributed by atoms with van der Waals surface area (Å²) in [4.78, 5) is 12.5. The molecule has 7 heteroatoms. The third-order valence-electron chi connectivity index (χ3n) is 4.90. The van der Waals surface area contributed by atoms with Gasteiger partial charge in [-0.05, 0) is 50.5 Å². The van der Waals surface area contributed by atoms with Crippen molar-refractivity contribution < 1.29 is 9.53 Å². The zero-order valence-electron chi connectivity index (χ0n) is 18.4. The predicted molar refractivity (Wildman–Crippen MR) is 126 cm³/mol. The fourth-order valence-corrected chi connectivity index (χ4v) is 4.01. The Balaban J connectivity index is 1.70. The van der Waals surface area contributed by atoms with Gasteiger partial charge in [0.25, 0.3) is 0 Å². The van der Waals surface area contributed by atoms with Crippen LogP contribution in [0, 0.1) is 20.8 Å². The van der Waals surface area contributed by atoms with E-state index in [1.807, 2.05) is 74.7 Å². The van der Waals surface area contributed by atoms with Crippen LogP contribution in [0.15, 0.2) is 60.3 Å². The number of hydrogen-bond acceptors (Lipinski definition) is 5. The summed E-state index contributed by atoms with van der Waals surface area (Å²) in [6, 6.07) is 13.8. The number of amides is 1. The average Bonchev–Trinajstić information content (AvgIpc) is 3.14. The number of nitrogens with zero attached hydrogens (tertiary/aromatic N) is 3. The highest BCUT2D eigenvalue weighted by molar-refractivity contribution is 7.99. The van der Waals surface area contributed by atoms with Crippen molar-refractivity contribution >= 4 is 23.4 Å². The lowest BCUT2D eigenvalue weighted by Gasteiger charge is -2.17. The number of rotatable bonds is 9. The fourth-order valence-electron chi connectivity index (χ4n) is 3.26. The molecule has 162 valence electrons. The van der Waals surface area contributed by atoms with Crippen LogP contribution in [0.3, 0.4) is 0 Å². The van der Waals surface area contributed by atoms with Gasteiger partial charge in [0.05, 0.1) is 5.75 Å². The maximum Gasteiger partial charge on any atom is 0.234 e. The molecule has 0 bridgehead atoms. The molecular weight excluding hydrogens is 408 g/mol. The zero-order valence-corrected chi connectivity index (χ0v) is 19.2. The Bertz CT molecular complexity index is 1060. The standard InChI is InChI=1S/C24H28N4O2S/c1-6-14-28-23(19(5)30-20-13-8-7-10-16(20)2)26-27-24(28)31-15-21(29)25-22-17(3)11-9-12-18(22)4/h6-13,19H,1,14-15H2,2-5H3,(H,25,29). The van der Waals surface area contributed by atoms with E-state index in [0.29, 0.717) is 17.5 Å². The monoisotopic (exact) mass is 436 g/mol. The summed E-state index contributed by atoms with van der Waals surface area (Å²) < 4.78 is 8.05. The van der Waals surface area contributed by atoms with Crippen LogP contribution in [-0.2, 0) is 11.3 Å². The normalized spacial score (nSPS) is 11.7. The Morgan fingerprint density at radius 3 is 2.48 bits per heavy atom. The molecule has 1 N–H and O–H groups in total. The van der Waals surface area contributed by atoms with Crippen molar-refractivity contribution in [2.45, 2.75) is 45.5 Å². The predicted octanol–water partition coefficient (Wildman–Crippen LogP) is 5.26. The number of carbonyl (C=O) groups is 1. The highest BCUT2D eigenvalue weighted by Gasteiger charge is 2.20. The topological polar surface area (TPSA) is 69.0 Å². The van der Waals surface area contributed by atoms with Crippen molar-refractivity contribution in [3.8, 4) is 5.75 Å². The van der Waals surface area contributed by atoms with E-state index in [9.17, 15) is 4.79 Å². The maximum atomic E-state index is 12.5. The van der Waals surface area contributed by atoms with Crippen LogP contribution < -0.4 is 10.1 Å². The molecule has 3 aromatic rings. The van der Waals surface area contributed by atoms with Crippen LogP contribution in [0.1, 0.15) is 35.5 Å². The van der Waals surface area contributed by atoms with Crippen LogP contribution in [0.2, 0.25) is 0 Å². The summed E-state index contributed by atoms with van der Waals surface area (Å²) in [7, 11) is 0. The molecule has 1 aromatic heterocycles. The van der Waals surface area contributed by atoms with Crippen molar-refractivity contribution in [1.29, 1.82) is 0 Å². The Morgan fingerprint density at radius 2 is 1.81 bits per heavy atom. The number of para-hydroxylation sites is 2. The lowest BCUT2D eigenvalue weighted by Crippen LogP contribution is -2.17. The largest absolute Gasteiger partial charge is 0.482 e. The Labute approximate surface area is 187 Å². The van der Waals surface area contributed by atoms with Gasteiger partial charge in [-0.2, -0.15) is 0 Å². The Hall–Kier alpha value is -3.06. The van der Waals surface area contributed by atoms with Crippen LogP contribution in [0.5, 0.6) is 5.75 Å². The fraction of sp³-hybridized carbons (Fsp3) is 0.292. The molecule has 0 aliphatic heterocycles. The molecule has 0 aliphatic carbocycles. The molecule has 0 spiro atoms. The minimum absolute atomic E-state index is 0.0821. The van der Waals surface area contributed by atoms with Crippen molar-refractivity contribution in [3.05, 3.63) is 77.6 Å². The number of benzene rings is 2. The number of carbonyl (C=O) groups excluding carboxylic acids is 1. The summed E-state index contributed by atoms with van der Waals surface area (Å²) >= 11 is 1.35. The molecule has 1 atom stereocenters. The van der Waals surface area contributed by atoms with Gasteiger partial charge in [-0.3, -0.25) is 9.36 Å². The van der Waals surface area contributed by atoms with Crippen molar-refractivity contribution in [3.63, 3.8) is 0 Å². The molecule has 6 nitrogen and oxygen atoms in total. The second-order valence-corrected chi connectivity index (χ2v) is 8.31. The summed E-state index contributed by atoms with van der Waals surface area (Å²) in [5.41, 5.74) is 4.00. The molecule has 1 unspecified atom stereocenters. The van der Waals surface area contributed by atoms with Gasteiger partial charge in [-0.25, -0.2) is 0 Å². The lowest BCUT2D eigenvalue weighted by atomic mass is 10.1. The molecule has 31 heavy (non-hydrogen) atoms. The number of ether oxygens (including phenoxy) is 1. The number of allylic oxidation sites excluding steroid dienone is 1. The number of nitrogens with one attached hydrogen (secondary N) is 1. The van der Waals surface area contributed by atoms with Gasteiger partial charge in [0, 0.05) is 12.2 Å². The first kappa shape index (κ1) is 22.6. The van der Waals surface area contributed by atoms with Gasteiger partial charge in [-0.1, -0.05) is 54.2 Å². The highest BCUT2D eigenvalue weighted by atomic mass is 32.2. The van der Waals surface area contributed by atoms with E-state index in [2.05, 4.69) is 22.1 Å². The summed E-state index contributed by atoms with van der Waals surface area (Å²) in [5, 5.41) is 12.3. The summed E-state index contributed by atoms with van der Waals surface area (Å²) in [5.74, 6) is 1.66. The number of thioether (sulfide) groups is 1. The SMILES string of the molecule is C=CCn1c(SCC(=O)Nc2c(C)cccc2C)nnc1C(C)Oc1ccccc1C. The van der Waals surface area contributed by atoms with Crippen molar-refractivity contribution in [2.24, 2.45) is 0 Å². The van der Waals surface area contributed by atoms with Gasteiger partial charge in [-0.15, -0.1) is 16.8 Å². The molecule has 0 saturated carbocycles. The number of aryl methyl sites for hydroxylation is 3. The van der Waals surface area contributed by atoms with E-state index >= 15 is 0 Å². The summed E-state index contributed by atoms with van der Waals surface area (Å²) in [6.07, 6.45) is 1.49. The molecule has 1 heterocycles. The van der Waals surface area contributed by atoms with Gasteiger partial charge in [0.15, 0.2) is 17.1 Å². The molecule has 2 aromatic carbocycles. The van der Waals surface area contributed by atoms with E-state index in [4.69, 9.17) is 4.74 Å². The van der Waals surface area contributed by atoms with Crippen molar-refractivity contribution in [1.82, 2.24) is 14.8 Å². The molecule has 1 amide bonds. The number of aromatic nitrogens is 3. The molecular formula is C24H28N4O2S.